The summed E-state index contributed by atoms with van der Waals surface area (Å²) in [6, 6.07) is 10.2. The van der Waals surface area contributed by atoms with E-state index in [4.69, 9.17) is 34.8 Å². The molecule has 0 nitrogen and oxygen atoms in total. The van der Waals surface area contributed by atoms with E-state index in [9.17, 15) is 4.39 Å². The molecule has 0 aliphatic rings. The van der Waals surface area contributed by atoms with Gasteiger partial charge in [0.1, 0.15) is 5.82 Å². The Hall–Kier alpha value is -0.760. The number of benzene rings is 2. The van der Waals surface area contributed by atoms with E-state index in [-0.39, 0.29) is 5.56 Å². The summed E-state index contributed by atoms with van der Waals surface area (Å²) in [6.07, 6.45) is 0. The molecule has 0 saturated carbocycles. The smallest absolute Gasteiger partial charge is 0.140 e. The molecule has 0 unspecified atom stereocenters. The van der Waals surface area contributed by atoms with E-state index >= 15 is 0 Å². The maximum absolute atomic E-state index is 13.6. The topological polar surface area (TPSA) is 0 Å². The Morgan fingerprint density at radius 3 is 2.38 bits per heavy atom. The molecule has 0 aliphatic carbocycles. The van der Waals surface area contributed by atoms with Crippen molar-refractivity contribution in [3.8, 4) is 11.1 Å². The number of rotatable bonds is 1. The molecule has 0 atom stereocenters. The van der Waals surface area contributed by atoms with Gasteiger partial charge in [0.15, 0.2) is 0 Å². The molecule has 0 aromatic heterocycles. The van der Waals surface area contributed by atoms with Gasteiger partial charge in [0.05, 0.1) is 10.0 Å². The average Bonchev–Trinajstić information content (AvgIpc) is 2.20. The molecule has 1 radical (unpaired) electrons. The van der Waals surface area contributed by atoms with Gasteiger partial charge in [-0.25, -0.2) is 4.39 Å². The molecule has 81 valence electrons. The second kappa shape index (κ2) is 4.62. The summed E-state index contributed by atoms with van der Waals surface area (Å²) in [5, 5.41) is 1.14. The SMILES string of the molecule is Fc1[c]ccc(Cl)c1-c1ccc(Cl)cc1Cl. The van der Waals surface area contributed by atoms with Crippen LogP contribution in [-0.2, 0) is 0 Å². The molecule has 2 aromatic rings. The Morgan fingerprint density at radius 1 is 1.00 bits per heavy atom. The molecule has 2 aromatic carbocycles. The van der Waals surface area contributed by atoms with Crippen LogP contribution in [-0.4, -0.2) is 0 Å². The Balaban J connectivity index is 2.68. The van der Waals surface area contributed by atoms with Crippen LogP contribution < -0.4 is 0 Å². The zero-order valence-corrected chi connectivity index (χ0v) is 10.2. The van der Waals surface area contributed by atoms with Gasteiger partial charge in [-0.15, -0.1) is 0 Å². The van der Waals surface area contributed by atoms with E-state index in [2.05, 4.69) is 6.07 Å². The van der Waals surface area contributed by atoms with Crippen molar-refractivity contribution in [2.75, 3.05) is 0 Å². The van der Waals surface area contributed by atoms with E-state index in [1.807, 2.05) is 0 Å². The highest BCUT2D eigenvalue weighted by Crippen LogP contribution is 2.36. The van der Waals surface area contributed by atoms with Crippen LogP contribution in [0.3, 0.4) is 0 Å². The Kier molecular flexibility index (Phi) is 3.38. The lowest BCUT2D eigenvalue weighted by atomic mass is 10.1. The second-order valence-corrected chi connectivity index (χ2v) is 4.39. The molecule has 0 aliphatic heterocycles. The van der Waals surface area contributed by atoms with Crippen LogP contribution in [0.2, 0.25) is 15.1 Å². The molecule has 2 rings (SSSR count). The lowest BCUT2D eigenvalue weighted by molar-refractivity contribution is 0.629. The Morgan fingerprint density at radius 2 is 1.75 bits per heavy atom. The first-order valence-corrected chi connectivity index (χ1v) is 5.54. The first-order valence-electron chi connectivity index (χ1n) is 4.40. The molecule has 0 bridgehead atoms. The minimum Gasteiger partial charge on any atom is -0.206 e. The van der Waals surface area contributed by atoms with Crippen molar-refractivity contribution in [3.63, 3.8) is 0 Å². The third kappa shape index (κ3) is 2.17. The van der Waals surface area contributed by atoms with Crippen molar-refractivity contribution >= 4 is 34.8 Å². The van der Waals surface area contributed by atoms with Gasteiger partial charge < -0.3 is 0 Å². The highest BCUT2D eigenvalue weighted by atomic mass is 35.5. The van der Waals surface area contributed by atoms with Gasteiger partial charge in [0, 0.05) is 22.2 Å². The molecule has 0 amide bonds. The molecule has 0 spiro atoms. The van der Waals surface area contributed by atoms with E-state index < -0.39 is 5.82 Å². The zero-order valence-electron chi connectivity index (χ0n) is 7.90. The van der Waals surface area contributed by atoms with E-state index in [0.717, 1.165) is 0 Å². The summed E-state index contributed by atoms with van der Waals surface area (Å²) >= 11 is 17.7. The maximum Gasteiger partial charge on any atom is 0.140 e. The fourth-order valence-corrected chi connectivity index (χ4v) is 2.14. The highest BCUT2D eigenvalue weighted by Gasteiger charge is 2.12. The van der Waals surface area contributed by atoms with Gasteiger partial charge in [-0.1, -0.05) is 40.9 Å². The van der Waals surface area contributed by atoms with Crippen LogP contribution in [0, 0.1) is 11.9 Å². The summed E-state index contributed by atoms with van der Waals surface area (Å²) in [5.41, 5.74) is 0.747. The van der Waals surface area contributed by atoms with Gasteiger partial charge >= 0.3 is 0 Å². The van der Waals surface area contributed by atoms with Crippen molar-refractivity contribution < 1.29 is 4.39 Å². The predicted octanol–water partition coefficient (Wildman–Crippen LogP) is 5.25. The number of hydrogen-bond donors (Lipinski definition) is 0. The van der Waals surface area contributed by atoms with Crippen molar-refractivity contribution in [2.45, 2.75) is 0 Å². The van der Waals surface area contributed by atoms with Gasteiger partial charge in [-0.05, 0) is 24.3 Å². The molecule has 0 fully saturated rings. The van der Waals surface area contributed by atoms with Crippen LogP contribution in [0.25, 0.3) is 11.1 Å². The minimum atomic E-state index is -0.531. The minimum absolute atomic E-state index is 0.242. The maximum atomic E-state index is 13.6. The van der Waals surface area contributed by atoms with Crippen molar-refractivity contribution in [1.29, 1.82) is 0 Å². The van der Waals surface area contributed by atoms with Crippen LogP contribution in [0.5, 0.6) is 0 Å². The number of halogens is 4. The van der Waals surface area contributed by atoms with E-state index in [1.54, 1.807) is 24.3 Å². The van der Waals surface area contributed by atoms with Gasteiger partial charge in [0.2, 0.25) is 0 Å². The number of hydrogen-bond acceptors (Lipinski definition) is 0. The third-order valence-corrected chi connectivity index (χ3v) is 2.96. The normalized spacial score (nSPS) is 10.5. The fraction of sp³-hybridized carbons (Fsp3) is 0. The molecule has 4 heteroatoms. The first-order chi connectivity index (χ1) is 7.59. The van der Waals surface area contributed by atoms with Gasteiger partial charge in [0.25, 0.3) is 0 Å². The second-order valence-electron chi connectivity index (χ2n) is 3.14. The molecule has 16 heavy (non-hydrogen) atoms. The fourth-order valence-electron chi connectivity index (χ4n) is 1.39. The van der Waals surface area contributed by atoms with E-state index in [1.165, 1.54) is 6.07 Å². The first kappa shape index (κ1) is 11.7. The summed E-state index contributed by atoms with van der Waals surface area (Å²) < 4.78 is 13.6. The largest absolute Gasteiger partial charge is 0.206 e. The highest BCUT2D eigenvalue weighted by molar-refractivity contribution is 6.38. The van der Waals surface area contributed by atoms with E-state index in [0.29, 0.717) is 20.6 Å². The third-order valence-electron chi connectivity index (χ3n) is 2.10. The standard InChI is InChI=1S/C12H5Cl3F/c13-7-4-5-8(10(15)6-7)12-9(14)2-1-3-11(12)16/h1-2,4-6H. The lowest BCUT2D eigenvalue weighted by Crippen LogP contribution is -1.87. The quantitative estimate of drug-likeness (QED) is 0.666. The van der Waals surface area contributed by atoms with Crippen molar-refractivity contribution in [1.82, 2.24) is 0 Å². The molecular weight excluding hydrogens is 269 g/mol. The average molecular weight is 275 g/mol. The summed E-state index contributed by atoms with van der Waals surface area (Å²) in [7, 11) is 0. The molecular formula is C12H5Cl3F. The van der Waals surface area contributed by atoms with Crippen LogP contribution >= 0.6 is 34.8 Å². The van der Waals surface area contributed by atoms with Crippen LogP contribution in [0.15, 0.2) is 30.3 Å². The Labute approximate surface area is 108 Å². The lowest BCUT2D eigenvalue weighted by Gasteiger charge is -2.08. The molecule has 0 saturated heterocycles. The monoisotopic (exact) mass is 273 g/mol. The molecule has 0 heterocycles. The molecule has 0 N–H and O–H groups in total. The van der Waals surface area contributed by atoms with Gasteiger partial charge in [-0.2, -0.15) is 0 Å². The summed E-state index contributed by atoms with van der Waals surface area (Å²) in [5.74, 6) is -0.531. The van der Waals surface area contributed by atoms with Crippen molar-refractivity contribution in [3.05, 3.63) is 57.3 Å². The predicted molar refractivity (Wildman–Crippen MR) is 65.7 cm³/mol. The van der Waals surface area contributed by atoms with Crippen molar-refractivity contribution in [2.24, 2.45) is 0 Å². The summed E-state index contributed by atoms with van der Waals surface area (Å²) in [6.45, 7) is 0. The summed E-state index contributed by atoms with van der Waals surface area (Å²) in [4.78, 5) is 0. The van der Waals surface area contributed by atoms with Crippen LogP contribution in [0.1, 0.15) is 0 Å². The van der Waals surface area contributed by atoms with Gasteiger partial charge in [-0.3, -0.25) is 0 Å². The van der Waals surface area contributed by atoms with Crippen LogP contribution in [0.4, 0.5) is 4.39 Å². The zero-order chi connectivity index (χ0) is 11.7. The Bertz CT molecular complexity index is 518.